The van der Waals surface area contributed by atoms with Gasteiger partial charge in [-0.1, -0.05) is 49.3 Å². The van der Waals surface area contributed by atoms with Crippen molar-refractivity contribution in [1.29, 1.82) is 0 Å². The maximum Gasteiger partial charge on any atom is 0.277 e. The Morgan fingerprint density at radius 1 is 1.18 bits per heavy atom. The summed E-state index contributed by atoms with van der Waals surface area (Å²) in [6.07, 6.45) is 1.62. The zero-order chi connectivity index (χ0) is 22.9. The summed E-state index contributed by atoms with van der Waals surface area (Å²) in [5, 5.41) is 21.7. The maximum absolute atomic E-state index is 13.9. The second-order valence-electron chi connectivity index (χ2n) is 9.00. The van der Waals surface area contributed by atoms with Crippen molar-refractivity contribution in [2.45, 2.75) is 25.3 Å². The van der Waals surface area contributed by atoms with Gasteiger partial charge in [-0.25, -0.2) is 0 Å². The quantitative estimate of drug-likeness (QED) is 0.425. The number of H-pyrrole nitrogens is 1. The van der Waals surface area contributed by atoms with Crippen LogP contribution in [0.15, 0.2) is 53.3 Å². The van der Waals surface area contributed by atoms with E-state index in [0.29, 0.717) is 17.1 Å². The fraction of sp³-hybridized carbons (Fsp3) is 0.240. The minimum Gasteiger partial charge on any atom is -0.496 e. The monoisotopic (exact) mass is 442 g/mol. The first kappa shape index (κ1) is 19.8. The lowest BCUT2D eigenvalue weighted by atomic mass is 9.83. The van der Waals surface area contributed by atoms with Crippen LogP contribution in [0, 0.1) is 0 Å². The van der Waals surface area contributed by atoms with Crippen LogP contribution in [0.25, 0.3) is 22.4 Å². The standard InChI is InChI=1S/C25H22N4O4/c1-25(2,12-30)23-19-21(26-27-23)24(31)29(22(19)14-7-4-5-10-17(14)32-3)16-9-6-8-13-15-11-33-28-20(15)18(13)16/h4-11,22,30H,12H2,1-3H3,(H,26,27). The predicted molar refractivity (Wildman–Crippen MR) is 121 cm³/mol. The topological polar surface area (TPSA) is 104 Å². The van der Waals surface area contributed by atoms with E-state index in [1.165, 1.54) is 0 Å². The molecule has 0 spiro atoms. The van der Waals surface area contributed by atoms with Crippen molar-refractivity contribution in [2.75, 3.05) is 18.6 Å². The number of amides is 1. The average molecular weight is 442 g/mol. The Balaban J connectivity index is 1.61. The third-order valence-electron chi connectivity index (χ3n) is 6.64. The van der Waals surface area contributed by atoms with Gasteiger partial charge in [0.25, 0.3) is 5.91 Å². The van der Waals surface area contributed by atoms with E-state index >= 15 is 0 Å². The Kier molecular flexibility index (Phi) is 4.07. The Morgan fingerprint density at radius 2 is 2.00 bits per heavy atom. The van der Waals surface area contributed by atoms with Gasteiger partial charge in [0.15, 0.2) is 0 Å². The van der Waals surface area contributed by atoms with E-state index in [9.17, 15) is 9.90 Å². The number of carbonyl (C=O) groups is 1. The molecule has 1 amide bonds. The minimum atomic E-state index is -0.651. The van der Waals surface area contributed by atoms with Gasteiger partial charge in [0.2, 0.25) is 0 Å². The number of hydrogen-bond donors (Lipinski definition) is 2. The predicted octanol–water partition coefficient (Wildman–Crippen LogP) is 4.07. The van der Waals surface area contributed by atoms with E-state index in [1.54, 1.807) is 18.3 Å². The molecule has 1 aliphatic heterocycles. The summed E-state index contributed by atoms with van der Waals surface area (Å²) in [6.45, 7) is 3.71. The number of aliphatic hydroxyl groups is 1. The van der Waals surface area contributed by atoms with Crippen LogP contribution in [0.2, 0.25) is 0 Å². The van der Waals surface area contributed by atoms with Crippen LogP contribution in [0.1, 0.15) is 47.2 Å². The Morgan fingerprint density at radius 3 is 2.79 bits per heavy atom. The van der Waals surface area contributed by atoms with Gasteiger partial charge in [-0.15, -0.1) is 0 Å². The van der Waals surface area contributed by atoms with Crippen molar-refractivity contribution >= 4 is 11.6 Å². The summed E-state index contributed by atoms with van der Waals surface area (Å²) in [7, 11) is 1.62. The fourth-order valence-corrected chi connectivity index (χ4v) is 4.93. The zero-order valence-electron chi connectivity index (χ0n) is 18.4. The third-order valence-corrected chi connectivity index (χ3v) is 6.64. The molecule has 1 atom stereocenters. The van der Waals surface area contributed by atoms with Gasteiger partial charge in [0, 0.05) is 22.1 Å². The summed E-state index contributed by atoms with van der Waals surface area (Å²) in [5.74, 6) is 0.470. The molecular formula is C25H22N4O4. The molecule has 2 N–H and O–H groups in total. The van der Waals surface area contributed by atoms with Gasteiger partial charge in [-0.3, -0.25) is 14.8 Å². The highest BCUT2D eigenvalue weighted by Crippen LogP contribution is 2.55. The van der Waals surface area contributed by atoms with Crippen molar-refractivity contribution in [1.82, 2.24) is 15.4 Å². The smallest absolute Gasteiger partial charge is 0.277 e. The molecule has 3 heterocycles. The molecule has 2 aromatic carbocycles. The summed E-state index contributed by atoms with van der Waals surface area (Å²) < 4.78 is 10.9. The largest absolute Gasteiger partial charge is 0.496 e. The number of nitrogens with one attached hydrogen (secondary N) is 1. The summed E-state index contributed by atoms with van der Waals surface area (Å²) in [4.78, 5) is 15.6. The van der Waals surface area contributed by atoms with Gasteiger partial charge in [-0.05, 0) is 17.7 Å². The van der Waals surface area contributed by atoms with E-state index in [2.05, 4.69) is 15.4 Å². The maximum atomic E-state index is 13.9. The number of aromatic nitrogens is 3. The van der Waals surface area contributed by atoms with E-state index in [0.717, 1.165) is 39.2 Å². The number of carbonyl (C=O) groups excluding carboxylic acids is 1. The van der Waals surface area contributed by atoms with Crippen LogP contribution in [-0.2, 0) is 5.41 Å². The molecule has 2 aromatic heterocycles. The van der Waals surface area contributed by atoms with Crippen molar-refractivity contribution in [3.63, 3.8) is 0 Å². The van der Waals surface area contributed by atoms with Crippen LogP contribution in [-0.4, -0.2) is 40.1 Å². The van der Waals surface area contributed by atoms with Crippen LogP contribution < -0.4 is 9.64 Å². The van der Waals surface area contributed by atoms with Gasteiger partial charge >= 0.3 is 0 Å². The highest BCUT2D eigenvalue weighted by Gasteiger charge is 2.48. The molecule has 0 fully saturated rings. The van der Waals surface area contributed by atoms with E-state index in [-0.39, 0.29) is 12.5 Å². The lowest BCUT2D eigenvalue weighted by molar-refractivity contribution is 0.0988. The van der Waals surface area contributed by atoms with Gasteiger partial charge < -0.3 is 14.4 Å². The number of aromatic amines is 1. The number of benzene rings is 2. The summed E-state index contributed by atoms with van der Waals surface area (Å²) >= 11 is 0. The van der Waals surface area contributed by atoms with Crippen molar-refractivity contribution in [2.24, 2.45) is 0 Å². The Labute approximate surface area is 189 Å². The number of ether oxygens (including phenoxy) is 1. The lowest BCUT2D eigenvalue weighted by Gasteiger charge is -2.32. The molecule has 166 valence electrons. The summed E-state index contributed by atoms with van der Waals surface area (Å²) in [5.41, 5.74) is 6.32. The van der Waals surface area contributed by atoms with Crippen LogP contribution >= 0.6 is 0 Å². The van der Waals surface area contributed by atoms with Crippen LogP contribution in [0.5, 0.6) is 5.75 Å². The molecule has 8 heteroatoms. The first-order valence-corrected chi connectivity index (χ1v) is 10.7. The number of hydrogen-bond acceptors (Lipinski definition) is 6. The van der Waals surface area contributed by atoms with Gasteiger partial charge in [-0.2, -0.15) is 5.10 Å². The van der Waals surface area contributed by atoms with E-state index in [1.807, 2.05) is 56.3 Å². The number of anilines is 1. The van der Waals surface area contributed by atoms with Crippen LogP contribution in [0.4, 0.5) is 5.69 Å². The first-order chi connectivity index (χ1) is 16.0. The second kappa shape index (κ2) is 6.79. The molecule has 1 aliphatic carbocycles. The number of methoxy groups -OCH3 is 1. The fourth-order valence-electron chi connectivity index (χ4n) is 4.93. The number of fused-ring (bicyclic) bond motifs is 5. The molecule has 6 rings (SSSR count). The van der Waals surface area contributed by atoms with Crippen molar-refractivity contribution in [3.05, 3.63) is 71.2 Å². The van der Waals surface area contributed by atoms with Crippen LogP contribution in [0.3, 0.4) is 0 Å². The molecule has 0 bridgehead atoms. The average Bonchev–Trinajstić information content (AvgIpc) is 3.51. The molecule has 0 saturated heterocycles. The Bertz CT molecular complexity index is 1420. The van der Waals surface area contributed by atoms with Crippen molar-refractivity contribution < 1.29 is 19.2 Å². The molecule has 0 saturated carbocycles. The lowest BCUT2D eigenvalue weighted by Crippen LogP contribution is -2.32. The van der Waals surface area contributed by atoms with Gasteiger partial charge in [0.1, 0.15) is 23.4 Å². The normalized spacial score (nSPS) is 16.3. The second-order valence-corrected chi connectivity index (χ2v) is 9.00. The molecule has 33 heavy (non-hydrogen) atoms. The minimum absolute atomic E-state index is 0.111. The summed E-state index contributed by atoms with van der Waals surface area (Å²) in [6, 6.07) is 13.0. The molecular weight excluding hydrogens is 420 g/mol. The Hall–Kier alpha value is -3.91. The molecule has 1 unspecified atom stereocenters. The third kappa shape index (κ3) is 2.52. The first-order valence-electron chi connectivity index (χ1n) is 10.7. The van der Waals surface area contributed by atoms with E-state index < -0.39 is 11.5 Å². The number of nitrogens with zero attached hydrogens (tertiary/aromatic N) is 3. The number of para-hydroxylation sites is 1. The molecule has 8 nitrogen and oxygen atoms in total. The number of aliphatic hydroxyl groups excluding tert-OH is 1. The highest BCUT2D eigenvalue weighted by atomic mass is 16.5. The molecule has 2 aliphatic rings. The van der Waals surface area contributed by atoms with Crippen molar-refractivity contribution in [3.8, 4) is 28.1 Å². The van der Waals surface area contributed by atoms with E-state index in [4.69, 9.17) is 9.26 Å². The number of rotatable bonds is 5. The highest BCUT2D eigenvalue weighted by molar-refractivity contribution is 6.16. The molecule has 4 aromatic rings. The van der Waals surface area contributed by atoms with Gasteiger partial charge in [0.05, 0.1) is 36.7 Å². The molecule has 0 radical (unpaired) electrons. The SMILES string of the molecule is COc1ccccc1C1c2c(C(C)(C)CO)n[nH]c2C(=O)N1c1cccc2c1-c1nocc1-2. The zero-order valence-corrected chi connectivity index (χ0v) is 18.4.